The highest BCUT2D eigenvalue weighted by Gasteiger charge is 2.68. The standard InChI is InChI=1S/C21H32O5/c1-19-7-5-13(23)9-12(19)3-4-14-15-6-8-21(26,17(25)11-22)20(15,2)10-16(24)18(14)19/h12-15,18,22-23,26H,3-11H2,1-2H3/t12-,13-,14-,15+,18+,19+,20+,21+/m1/s1. The van der Waals surface area contributed by atoms with Crippen molar-refractivity contribution in [3.8, 4) is 0 Å². The zero-order valence-corrected chi connectivity index (χ0v) is 15.9. The normalized spacial score (nSPS) is 53.6. The van der Waals surface area contributed by atoms with Gasteiger partial charge in [-0.25, -0.2) is 0 Å². The van der Waals surface area contributed by atoms with Crippen LogP contribution in [0.5, 0.6) is 0 Å². The summed E-state index contributed by atoms with van der Waals surface area (Å²) in [5, 5.41) is 30.6. The van der Waals surface area contributed by atoms with E-state index in [2.05, 4.69) is 6.92 Å². The fourth-order valence-electron chi connectivity index (χ4n) is 7.64. The molecule has 0 aliphatic heterocycles. The minimum absolute atomic E-state index is 0.0154. The second-order valence-corrected chi connectivity index (χ2v) is 10.00. The van der Waals surface area contributed by atoms with E-state index in [-0.39, 0.29) is 41.5 Å². The number of carbonyl (C=O) groups is 2. The minimum atomic E-state index is -1.58. The van der Waals surface area contributed by atoms with Gasteiger partial charge in [0.1, 0.15) is 18.0 Å². The van der Waals surface area contributed by atoms with E-state index in [1.165, 1.54) is 0 Å². The first kappa shape index (κ1) is 18.6. The molecule has 0 amide bonds. The molecule has 4 rings (SSSR count). The van der Waals surface area contributed by atoms with Crippen molar-refractivity contribution in [2.45, 2.75) is 76.9 Å². The first-order valence-electron chi connectivity index (χ1n) is 10.2. The molecule has 0 aromatic heterocycles. The van der Waals surface area contributed by atoms with Gasteiger partial charge < -0.3 is 15.3 Å². The molecule has 26 heavy (non-hydrogen) atoms. The van der Waals surface area contributed by atoms with Crippen molar-refractivity contribution in [2.75, 3.05) is 6.61 Å². The van der Waals surface area contributed by atoms with Gasteiger partial charge in [0.25, 0.3) is 0 Å². The van der Waals surface area contributed by atoms with Gasteiger partial charge in [0.2, 0.25) is 0 Å². The molecule has 4 saturated carbocycles. The van der Waals surface area contributed by atoms with E-state index in [0.717, 1.165) is 38.5 Å². The van der Waals surface area contributed by atoms with Crippen LogP contribution in [0.2, 0.25) is 0 Å². The quantitative estimate of drug-likeness (QED) is 0.695. The number of aliphatic hydroxyl groups is 3. The molecule has 0 bridgehead atoms. The molecule has 4 aliphatic rings. The number of Topliss-reactive ketones (excluding diaryl/α,β-unsaturated/α-hetero) is 2. The molecule has 5 nitrogen and oxygen atoms in total. The number of hydrogen-bond donors (Lipinski definition) is 3. The molecular formula is C21H32O5. The van der Waals surface area contributed by atoms with Gasteiger partial charge in [-0.05, 0) is 68.1 Å². The lowest BCUT2D eigenvalue weighted by molar-refractivity contribution is -0.180. The summed E-state index contributed by atoms with van der Waals surface area (Å²) in [7, 11) is 0. The number of hydrogen-bond acceptors (Lipinski definition) is 5. The number of ketones is 2. The molecule has 4 aliphatic carbocycles. The molecule has 0 spiro atoms. The summed E-state index contributed by atoms with van der Waals surface area (Å²) in [5.74, 6) is 0.380. The fraction of sp³-hybridized carbons (Fsp3) is 0.905. The average molecular weight is 364 g/mol. The maximum atomic E-state index is 13.4. The first-order chi connectivity index (χ1) is 12.2. The van der Waals surface area contributed by atoms with Crippen molar-refractivity contribution in [1.82, 2.24) is 0 Å². The second kappa shape index (κ2) is 5.86. The lowest BCUT2D eigenvalue weighted by Gasteiger charge is -2.60. The van der Waals surface area contributed by atoms with E-state index < -0.39 is 23.4 Å². The second-order valence-electron chi connectivity index (χ2n) is 10.00. The first-order valence-corrected chi connectivity index (χ1v) is 10.2. The highest BCUT2D eigenvalue weighted by Crippen LogP contribution is 2.67. The van der Waals surface area contributed by atoms with Crippen molar-refractivity contribution in [3.63, 3.8) is 0 Å². The third-order valence-electron chi connectivity index (χ3n) is 9.08. The summed E-state index contributed by atoms with van der Waals surface area (Å²) in [6.45, 7) is 3.46. The van der Waals surface area contributed by atoms with Crippen molar-refractivity contribution < 1.29 is 24.9 Å². The molecule has 0 radical (unpaired) electrons. The number of carbonyl (C=O) groups excluding carboxylic acids is 2. The number of rotatable bonds is 2. The van der Waals surface area contributed by atoms with Gasteiger partial charge in [-0.1, -0.05) is 13.8 Å². The van der Waals surface area contributed by atoms with E-state index in [0.29, 0.717) is 12.3 Å². The molecule has 3 N–H and O–H groups in total. The SMILES string of the molecule is C[C@]12CC[C@@H](O)C[C@H]1CC[C@H]1[C@H]2C(=O)C[C@@]2(C)[C@H]1CC[C@]2(O)C(=O)CO. The zero-order chi connectivity index (χ0) is 18.9. The molecule has 0 heterocycles. The summed E-state index contributed by atoms with van der Waals surface area (Å²) in [4.78, 5) is 25.7. The molecule has 146 valence electrons. The van der Waals surface area contributed by atoms with E-state index in [1.807, 2.05) is 6.92 Å². The number of fused-ring (bicyclic) bond motifs is 5. The molecule has 0 aromatic carbocycles. The summed E-state index contributed by atoms with van der Waals surface area (Å²) in [6.07, 6.45) is 5.47. The number of aliphatic hydroxyl groups excluding tert-OH is 2. The monoisotopic (exact) mass is 364 g/mol. The van der Waals surface area contributed by atoms with Gasteiger partial charge in [0.05, 0.1) is 6.10 Å². The predicted molar refractivity (Wildman–Crippen MR) is 95.2 cm³/mol. The largest absolute Gasteiger partial charge is 0.393 e. The highest BCUT2D eigenvalue weighted by atomic mass is 16.3. The van der Waals surface area contributed by atoms with Crippen LogP contribution in [0.3, 0.4) is 0 Å². The summed E-state index contributed by atoms with van der Waals surface area (Å²) < 4.78 is 0. The smallest absolute Gasteiger partial charge is 0.190 e. The van der Waals surface area contributed by atoms with Crippen LogP contribution < -0.4 is 0 Å². The fourth-order valence-corrected chi connectivity index (χ4v) is 7.64. The predicted octanol–water partition coefficient (Wildman–Crippen LogP) is 1.86. The van der Waals surface area contributed by atoms with Crippen molar-refractivity contribution in [3.05, 3.63) is 0 Å². The van der Waals surface area contributed by atoms with Gasteiger partial charge in [-0.3, -0.25) is 9.59 Å². The molecule has 0 aromatic rings. The Hall–Kier alpha value is -0.780. The summed E-state index contributed by atoms with van der Waals surface area (Å²) in [6, 6.07) is 0. The highest BCUT2D eigenvalue weighted by molar-refractivity contribution is 5.92. The van der Waals surface area contributed by atoms with Crippen molar-refractivity contribution in [1.29, 1.82) is 0 Å². The molecular weight excluding hydrogens is 332 g/mol. The van der Waals surface area contributed by atoms with Crippen LogP contribution >= 0.6 is 0 Å². The average Bonchev–Trinajstić information content (AvgIpc) is 2.86. The Morgan fingerprint density at radius 3 is 2.58 bits per heavy atom. The maximum absolute atomic E-state index is 13.4. The Bertz CT molecular complexity index is 632. The Morgan fingerprint density at radius 1 is 1.15 bits per heavy atom. The van der Waals surface area contributed by atoms with Crippen molar-refractivity contribution >= 4 is 11.6 Å². The van der Waals surface area contributed by atoms with Gasteiger partial charge in [-0.2, -0.15) is 0 Å². The van der Waals surface area contributed by atoms with Gasteiger partial charge >= 0.3 is 0 Å². The topological polar surface area (TPSA) is 94.8 Å². The van der Waals surface area contributed by atoms with E-state index in [1.54, 1.807) is 0 Å². The zero-order valence-electron chi connectivity index (χ0n) is 15.9. The van der Waals surface area contributed by atoms with Gasteiger partial charge in [0.15, 0.2) is 5.78 Å². The van der Waals surface area contributed by atoms with Crippen LogP contribution in [0.1, 0.15) is 65.2 Å². The Kier molecular flexibility index (Phi) is 4.18. The molecule has 0 unspecified atom stereocenters. The summed E-state index contributed by atoms with van der Waals surface area (Å²) in [5.41, 5.74) is -2.40. The Balaban J connectivity index is 1.70. The third kappa shape index (κ3) is 2.20. The Morgan fingerprint density at radius 2 is 1.88 bits per heavy atom. The van der Waals surface area contributed by atoms with Crippen LogP contribution in [0.25, 0.3) is 0 Å². The van der Waals surface area contributed by atoms with Gasteiger partial charge in [-0.15, -0.1) is 0 Å². The van der Waals surface area contributed by atoms with Crippen LogP contribution in [-0.2, 0) is 9.59 Å². The molecule has 4 fully saturated rings. The van der Waals surface area contributed by atoms with Crippen molar-refractivity contribution in [2.24, 2.45) is 34.5 Å². The lowest BCUT2D eigenvalue weighted by Crippen LogP contribution is -2.62. The van der Waals surface area contributed by atoms with Crippen LogP contribution in [0.15, 0.2) is 0 Å². The van der Waals surface area contributed by atoms with E-state index in [9.17, 15) is 24.9 Å². The summed E-state index contributed by atoms with van der Waals surface area (Å²) >= 11 is 0. The van der Waals surface area contributed by atoms with E-state index in [4.69, 9.17) is 0 Å². The minimum Gasteiger partial charge on any atom is -0.393 e. The van der Waals surface area contributed by atoms with Crippen LogP contribution in [-0.4, -0.2) is 45.2 Å². The molecule has 0 saturated heterocycles. The molecule has 8 atom stereocenters. The van der Waals surface area contributed by atoms with Gasteiger partial charge in [0, 0.05) is 17.8 Å². The third-order valence-corrected chi connectivity index (χ3v) is 9.08. The van der Waals surface area contributed by atoms with Crippen LogP contribution in [0, 0.1) is 34.5 Å². The maximum Gasteiger partial charge on any atom is 0.190 e. The van der Waals surface area contributed by atoms with E-state index >= 15 is 0 Å². The lowest BCUT2D eigenvalue weighted by atomic mass is 9.44. The molecule has 5 heteroatoms. The Labute approximate surface area is 155 Å². The van der Waals surface area contributed by atoms with Crippen LogP contribution in [0.4, 0.5) is 0 Å².